The van der Waals surface area contributed by atoms with Crippen LogP contribution in [0.4, 0.5) is 5.82 Å². The van der Waals surface area contributed by atoms with E-state index >= 15 is 0 Å². The van der Waals surface area contributed by atoms with Crippen LogP contribution in [0, 0.1) is 12.8 Å². The van der Waals surface area contributed by atoms with E-state index in [2.05, 4.69) is 15.6 Å². The van der Waals surface area contributed by atoms with E-state index in [-0.39, 0.29) is 11.0 Å². The van der Waals surface area contributed by atoms with Gasteiger partial charge in [0, 0.05) is 12.6 Å². The third-order valence-corrected chi connectivity index (χ3v) is 2.20. The van der Waals surface area contributed by atoms with Gasteiger partial charge in [0.2, 0.25) is 5.91 Å². The molecule has 0 aliphatic heterocycles. The molecule has 1 aromatic rings. The van der Waals surface area contributed by atoms with Crippen molar-refractivity contribution in [1.29, 1.82) is 0 Å². The molecule has 5 heteroatoms. The second kappa shape index (κ2) is 6.30. The Bertz CT molecular complexity index is 401. The lowest BCUT2D eigenvalue weighted by Crippen LogP contribution is -2.34. The van der Waals surface area contributed by atoms with Gasteiger partial charge in [-0.2, -0.15) is 0 Å². The van der Waals surface area contributed by atoms with Crippen LogP contribution in [0.15, 0.2) is 18.3 Å². The van der Waals surface area contributed by atoms with Gasteiger partial charge in [0.25, 0.3) is 0 Å². The lowest BCUT2D eigenvalue weighted by atomic mass is 10.1. The molecule has 0 spiro atoms. The number of carbonyl (C=O) groups excluding carboxylic acids is 1. The predicted molar refractivity (Wildman–Crippen MR) is 72.8 cm³/mol. The fraction of sp³-hybridized carbons (Fsp3) is 0.417. The fourth-order valence-corrected chi connectivity index (χ4v) is 1.46. The van der Waals surface area contributed by atoms with Crippen LogP contribution in [0.2, 0.25) is 0 Å². The maximum atomic E-state index is 11.4. The van der Waals surface area contributed by atoms with Gasteiger partial charge in [-0.15, -0.1) is 0 Å². The van der Waals surface area contributed by atoms with E-state index in [1.807, 2.05) is 32.9 Å². The van der Waals surface area contributed by atoms with Crippen molar-refractivity contribution in [3.63, 3.8) is 0 Å². The summed E-state index contributed by atoms with van der Waals surface area (Å²) in [5.41, 5.74) is 1.07. The predicted octanol–water partition coefficient (Wildman–Crippen LogP) is 2.25. The number of carbonyl (C=O) groups is 1. The molecule has 0 bridgehead atoms. The first kappa shape index (κ1) is 13.6. The first-order valence-corrected chi connectivity index (χ1v) is 5.91. The molecule has 0 radical (unpaired) electrons. The number of amides is 1. The molecule has 4 nitrogen and oxygen atoms in total. The van der Waals surface area contributed by atoms with Gasteiger partial charge in [0.1, 0.15) is 5.82 Å². The maximum absolute atomic E-state index is 11.4. The highest BCUT2D eigenvalue weighted by Crippen LogP contribution is 2.04. The zero-order valence-corrected chi connectivity index (χ0v) is 11.1. The Balaban J connectivity index is 2.44. The Morgan fingerprint density at radius 3 is 2.71 bits per heavy atom. The van der Waals surface area contributed by atoms with Crippen LogP contribution < -0.4 is 10.6 Å². The van der Waals surface area contributed by atoms with Crippen molar-refractivity contribution in [2.24, 2.45) is 5.92 Å². The average molecular weight is 251 g/mol. The third-order valence-electron chi connectivity index (χ3n) is 2.00. The molecule has 0 fully saturated rings. The zero-order valence-electron chi connectivity index (χ0n) is 10.3. The Morgan fingerprint density at radius 1 is 1.47 bits per heavy atom. The number of pyridine rings is 1. The van der Waals surface area contributed by atoms with Crippen molar-refractivity contribution in [2.45, 2.75) is 27.2 Å². The van der Waals surface area contributed by atoms with E-state index in [1.165, 1.54) is 0 Å². The fourth-order valence-electron chi connectivity index (χ4n) is 1.24. The summed E-state index contributed by atoms with van der Waals surface area (Å²) in [7, 11) is 0. The molecule has 1 rings (SSSR count). The van der Waals surface area contributed by atoms with Crippen molar-refractivity contribution < 1.29 is 4.79 Å². The zero-order chi connectivity index (χ0) is 12.8. The lowest BCUT2D eigenvalue weighted by Gasteiger charge is -2.09. The molecular weight excluding hydrogens is 234 g/mol. The summed E-state index contributed by atoms with van der Waals surface area (Å²) in [5.74, 6) is 0.866. The molecule has 17 heavy (non-hydrogen) atoms. The monoisotopic (exact) mass is 251 g/mol. The van der Waals surface area contributed by atoms with Crippen LogP contribution in [0.3, 0.4) is 0 Å². The highest BCUT2D eigenvalue weighted by molar-refractivity contribution is 7.80. The molecular formula is C12H17N3OS. The number of anilines is 1. The number of rotatable bonds is 3. The van der Waals surface area contributed by atoms with E-state index in [4.69, 9.17) is 12.2 Å². The molecule has 0 atom stereocenters. The number of aromatic nitrogens is 1. The third kappa shape index (κ3) is 5.40. The minimum atomic E-state index is -0.0791. The van der Waals surface area contributed by atoms with E-state index in [9.17, 15) is 4.79 Å². The summed E-state index contributed by atoms with van der Waals surface area (Å²) in [6.45, 7) is 5.93. The van der Waals surface area contributed by atoms with Gasteiger partial charge in [0.15, 0.2) is 5.11 Å². The summed E-state index contributed by atoms with van der Waals surface area (Å²) >= 11 is 5.01. The molecule has 0 saturated carbocycles. The van der Waals surface area contributed by atoms with E-state index in [1.54, 1.807) is 6.20 Å². The van der Waals surface area contributed by atoms with Crippen molar-refractivity contribution >= 4 is 29.1 Å². The van der Waals surface area contributed by atoms with Crippen LogP contribution >= 0.6 is 12.2 Å². The smallest absolute Gasteiger partial charge is 0.226 e. The van der Waals surface area contributed by atoms with E-state index in [0.29, 0.717) is 18.2 Å². The van der Waals surface area contributed by atoms with Crippen LogP contribution in [0.25, 0.3) is 0 Å². The first-order chi connectivity index (χ1) is 7.97. The minimum Gasteiger partial charge on any atom is -0.317 e. The molecule has 1 heterocycles. The second-order valence-electron chi connectivity index (χ2n) is 4.32. The number of hydrogen-bond donors (Lipinski definition) is 2. The molecule has 0 saturated heterocycles. The normalized spacial score (nSPS) is 10.1. The molecule has 0 aliphatic rings. The van der Waals surface area contributed by atoms with Crippen molar-refractivity contribution in [1.82, 2.24) is 10.3 Å². The Kier molecular flexibility index (Phi) is 5.03. The standard InChI is InChI=1S/C12H17N3OS/c1-8(2)6-11(16)15-12(17)14-10-5-4-9(3)7-13-10/h4-5,7-8H,6H2,1-3H3,(H2,13,14,15,16,17). The molecule has 1 amide bonds. The summed E-state index contributed by atoms with van der Waals surface area (Å²) in [5, 5.41) is 5.76. The molecule has 92 valence electrons. The number of nitrogens with one attached hydrogen (secondary N) is 2. The van der Waals surface area contributed by atoms with Gasteiger partial charge in [-0.05, 0) is 36.7 Å². The van der Waals surface area contributed by atoms with Crippen LogP contribution in [-0.2, 0) is 4.79 Å². The Morgan fingerprint density at radius 2 is 2.18 bits per heavy atom. The maximum Gasteiger partial charge on any atom is 0.226 e. The SMILES string of the molecule is Cc1ccc(NC(=S)NC(=O)CC(C)C)nc1. The average Bonchev–Trinajstić information content (AvgIpc) is 2.19. The van der Waals surface area contributed by atoms with Gasteiger partial charge in [-0.25, -0.2) is 4.98 Å². The van der Waals surface area contributed by atoms with Crippen LogP contribution in [0.5, 0.6) is 0 Å². The first-order valence-electron chi connectivity index (χ1n) is 5.51. The topological polar surface area (TPSA) is 54.0 Å². The molecule has 2 N–H and O–H groups in total. The summed E-state index contributed by atoms with van der Waals surface area (Å²) in [6, 6.07) is 3.74. The molecule has 1 aromatic heterocycles. The second-order valence-corrected chi connectivity index (χ2v) is 4.73. The van der Waals surface area contributed by atoms with E-state index < -0.39 is 0 Å². The molecule has 0 aliphatic carbocycles. The van der Waals surface area contributed by atoms with Gasteiger partial charge in [-0.3, -0.25) is 4.79 Å². The lowest BCUT2D eigenvalue weighted by molar-refractivity contribution is -0.120. The van der Waals surface area contributed by atoms with Crippen molar-refractivity contribution in [2.75, 3.05) is 5.32 Å². The number of hydrogen-bond acceptors (Lipinski definition) is 3. The van der Waals surface area contributed by atoms with Gasteiger partial charge in [0.05, 0.1) is 0 Å². The van der Waals surface area contributed by atoms with Gasteiger partial charge < -0.3 is 10.6 Å². The van der Waals surface area contributed by atoms with Crippen molar-refractivity contribution in [3.8, 4) is 0 Å². The van der Waals surface area contributed by atoms with Gasteiger partial charge >= 0.3 is 0 Å². The summed E-state index contributed by atoms with van der Waals surface area (Å²) < 4.78 is 0. The largest absolute Gasteiger partial charge is 0.317 e. The Labute approximate surface area is 107 Å². The number of thiocarbonyl (C=S) groups is 1. The van der Waals surface area contributed by atoms with Crippen LogP contribution in [-0.4, -0.2) is 16.0 Å². The van der Waals surface area contributed by atoms with Crippen molar-refractivity contribution in [3.05, 3.63) is 23.9 Å². The minimum absolute atomic E-state index is 0.0791. The Hall–Kier alpha value is -1.49. The number of aryl methyl sites for hydroxylation is 1. The molecule has 0 unspecified atom stereocenters. The molecule has 0 aromatic carbocycles. The quantitative estimate of drug-likeness (QED) is 0.809. The summed E-state index contributed by atoms with van der Waals surface area (Å²) in [6.07, 6.45) is 2.20. The highest BCUT2D eigenvalue weighted by Gasteiger charge is 2.07. The van der Waals surface area contributed by atoms with Gasteiger partial charge in [-0.1, -0.05) is 19.9 Å². The van der Waals surface area contributed by atoms with Crippen LogP contribution in [0.1, 0.15) is 25.8 Å². The summed E-state index contributed by atoms with van der Waals surface area (Å²) in [4.78, 5) is 15.6. The number of nitrogens with zero attached hydrogens (tertiary/aromatic N) is 1. The van der Waals surface area contributed by atoms with E-state index in [0.717, 1.165) is 5.56 Å². The highest BCUT2D eigenvalue weighted by atomic mass is 32.1.